The van der Waals surface area contributed by atoms with Crippen molar-refractivity contribution < 1.29 is 14.3 Å². The minimum atomic E-state index is -0.431. The van der Waals surface area contributed by atoms with E-state index in [1.807, 2.05) is 18.2 Å². The maximum atomic E-state index is 13.2. The molecular formula is C20H25NO3. The highest BCUT2D eigenvalue weighted by Gasteiger charge is 2.54. The minimum Gasteiger partial charge on any atom is -0.353 e. The zero-order valence-electron chi connectivity index (χ0n) is 14.4. The molecule has 0 bridgehead atoms. The van der Waals surface area contributed by atoms with Crippen LogP contribution in [0.3, 0.4) is 0 Å². The molecule has 2 atom stereocenters. The molecule has 1 spiro atoms. The van der Waals surface area contributed by atoms with Crippen molar-refractivity contribution in [2.75, 3.05) is 18.5 Å². The normalized spacial score (nSPS) is 31.7. The lowest BCUT2D eigenvalue weighted by atomic mass is 9.59. The molecule has 2 aliphatic carbocycles. The zero-order valence-corrected chi connectivity index (χ0v) is 14.4. The molecule has 1 N–H and O–H groups in total. The van der Waals surface area contributed by atoms with Crippen LogP contribution in [-0.4, -0.2) is 24.8 Å². The lowest BCUT2D eigenvalue weighted by Crippen LogP contribution is -2.50. The van der Waals surface area contributed by atoms with Crippen LogP contribution in [0.4, 0.5) is 5.69 Å². The van der Waals surface area contributed by atoms with Gasteiger partial charge in [-0.1, -0.05) is 31.2 Å². The van der Waals surface area contributed by atoms with Crippen molar-refractivity contribution in [3.8, 4) is 0 Å². The topological polar surface area (TPSA) is 47.6 Å². The van der Waals surface area contributed by atoms with Crippen LogP contribution in [0.1, 0.15) is 38.2 Å². The first-order chi connectivity index (χ1) is 11.5. The number of Topliss-reactive ketones (excluding diaryl/α,β-unsaturated/α-hetero) is 1. The molecule has 1 aromatic carbocycles. The second-order valence-electron chi connectivity index (χ2n) is 7.55. The van der Waals surface area contributed by atoms with Crippen molar-refractivity contribution >= 4 is 11.5 Å². The molecule has 24 heavy (non-hydrogen) atoms. The number of ketones is 1. The molecule has 2 unspecified atom stereocenters. The largest absolute Gasteiger partial charge is 0.353 e. The molecule has 4 heteroatoms. The van der Waals surface area contributed by atoms with E-state index in [0.717, 1.165) is 42.6 Å². The fourth-order valence-corrected chi connectivity index (χ4v) is 4.39. The first-order valence-corrected chi connectivity index (χ1v) is 8.88. The summed E-state index contributed by atoms with van der Waals surface area (Å²) in [6.45, 7) is 5.52. The standard InChI is InChI=1S/C20H25NO3/c1-14-5-3-4-6-16(14)21-17-8-7-15-13-20(23-11-12-24-20)10-9-19(15,2)18(17)22/h3-6,8,15,21H,7,9-13H2,1-2H3. The molecule has 1 aromatic rings. The smallest absolute Gasteiger partial charge is 0.184 e. The SMILES string of the molecule is Cc1ccccc1NC1=CCC2CC3(CCC2(C)C1=O)OCCO3. The van der Waals surface area contributed by atoms with E-state index in [0.29, 0.717) is 19.1 Å². The van der Waals surface area contributed by atoms with Gasteiger partial charge in [0.25, 0.3) is 0 Å². The Kier molecular flexibility index (Phi) is 3.77. The van der Waals surface area contributed by atoms with Crippen molar-refractivity contribution in [1.29, 1.82) is 0 Å². The van der Waals surface area contributed by atoms with E-state index in [1.165, 1.54) is 0 Å². The number of allylic oxidation sites excluding steroid dienone is 2. The van der Waals surface area contributed by atoms with E-state index in [4.69, 9.17) is 9.47 Å². The number of hydrogen-bond donors (Lipinski definition) is 1. The summed E-state index contributed by atoms with van der Waals surface area (Å²) < 4.78 is 11.8. The quantitative estimate of drug-likeness (QED) is 0.897. The van der Waals surface area contributed by atoms with Crippen LogP contribution in [-0.2, 0) is 14.3 Å². The van der Waals surface area contributed by atoms with Gasteiger partial charge in [-0.2, -0.15) is 0 Å². The van der Waals surface area contributed by atoms with Crippen LogP contribution < -0.4 is 5.32 Å². The molecule has 2 fully saturated rings. The van der Waals surface area contributed by atoms with Gasteiger partial charge < -0.3 is 14.8 Å². The Bertz CT molecular complexity index is 690. The third-order valence-corrected chi connectivity index (χ3v) is 6.08. The van der Waals surface area contributed by atoms with Gasteiger partial charge in [0.2, 0.25) is 0 Å². The number of nitrogens with one attached hydrogen (secondary N) is 1. The van der Waals surface area contributed by atoms with Crippen molar-refractivity contribution in [2.45, 2.75) is 45.3 Å². The summed E-state index contributed by atoms with van der Waals surface area (Å²) in [6.07, 6.45) is 5.41. The number of rotatable bonds is 2. The maximum absolute atomic E-state index is 13.2. The molecule has 1 saturated heterocycles. The molecule has 128 valence electrons. The Balaban J connectivity index is 1.57. The summed E-state index contributed by atoms with van der Waals surface area (Å²) in [7, 11) is 0. The molecule has 0 amide bonds. The Labute approximate surface area is 143 Å². The van der Waals surface area contributed by atoms with Gasteiger partial charge in [0.15, 0.2) is 11.6 Å². The van der Waals surface area contributed by atoms with Crippen molar-refractivity contribution in [1.82, 2.24) is 0 Å². The second-order valence-corrected chi connectivity index (χ2v) is 7.55. The fourth-order valence-electron chi connectivity index (χ4n) is 4.39. The van der Waals surface area contributed by atoms with Crippen LogP contribution >= 0.6 is 0 Å². The van der Waals surface area contributed by atoms with E-state index < -0.39 is 5.79 Å². The van der Waals surface area contributed by atoms with E-state index in [2.05, 4.69) is 31.3 Å². The summed E-state index contributed by atoms with van der Waals surface area (Å²) in [4.78, 5) is 13.2. The number of benzene rings is 1. The van der Waals surface area contributed by atoms with Gasteiger partial charge in [-0.3, -0.25) is 4.79 Å². The van der Waals surface area contributed by atoms with Gasteiger partial charge in [0, 0.05) is 23.9 Å². The molecular weight excluding hydrogens is 302 g/mol. The lowest BCUT2D eigenvalue weighted by molar-refractivity contribution is -0.205. The fraction of sp³-hybridized carbons (Fsp3) is 0.550. The number of para-hydroxylation sites is 1. The van der Waals surface area contributed by atoms with Gasteiger partial charge >= 0.3 is 0 Å². The zero-order chi connectivity index (χ0) is 16.8. The predicted molar refractivity (Wildman–Crippen MR) is 92.6 cm³/mol. The molecule has 1 saturated carbocycles. The number of carbonyl (C=O) groups excluding carboxylic acids is 1. The van der Waals surface area contributed by atoms with E-state index in [-0.39, 0.29) is 11.2 Å². The molecule has 1 heterocycles. The van der Waals surface area contributed by atoms with E-state index in [1.54, 1.807) is 0 Å². The van der Waals surface area contributed by atoms with Gasteiger partial charge in [-0.15, -0.1) is 0 Å². The van der Waals surface area contributed by atoms with E-state index >= 15 is 0 Å². The highest BCUT2D eigenvalue weighted by Crippen LogP contribution is 2.52. The van der Waals surface area contributed by atoms with E-state index in [9.17, 15) is 4.79 Å². The van der Waals surface area contributed by atoms with Gasteiger partial charge in [0.1, 0.15) is 0 Å². The number of carbonyl (C=O) groups is 1. The van der Waals surface area contributed by atoms with Crippen molar-refractivity contribution in [3.05, 3.63) is 41.6 Å². The van der Waals surface area contributed by atoms with Gasteiger partial charge in [-0.05, 0) is 37.3 Å². The number of anilines is 1. The molecule has 4 rings (SSSR count). The highest BCUT2D eigenvalue weighted by atomic mass is 16.7. The molecule has 3 aliphatic rings. The summed E-state index contributed by atoms with van der Waals surface area (Å²) in [6, 6.07) is 8.08. The lowest BCUT2D eigenvalue weighted by Gasteiger charge is -2.48. The molecule has 4 nitrogen and oxygen atoms in total. The Morgan fingerprint density at radius 1 is 1.17 bits per heavy atom. The average molecular weight is 327 g/mol. The minimum absolute atomic E-state index is 0.231. The van der Waals surface area contributed by atoms with Crippen molar-refractivity contribution in [3.63, 3.8) is 0 Å². The van der Waals surface area contributed by atoms with Crippen LogP contribution in [0.25, 0.3) is 0 Å². The van der Waals surface area contributed by atoms with Crippen LogP contribution in [0.15, 0.2) is 36.0 Å². The monoisotopic (exact) mass is 327 g/mol. The van der Waals surface area contributed by atoms with Crippen LogP contribution in [0.5, 0.6) is 0 Å². The predicted octanol–water partition coefficient (Wildman–Crippen LogP) is 3.81. The number of fused-ring (bicyclic) bond motifs is 1. The number of hydrogen-bond acceptors (Lipinski definition) is 4. The molecule has 0 radical (unpaired) electrons. The number of ether oxygens (including phenoxy) is 2. The van der Waals surface area contributed by atoms with Gasteiger partial charge in [0.05, 0.1) is 18.9 Å². The third kappa shape index (κ3) is 2.49. The summed E-state index contributed by atoms with van der Waals surface area (Å²) in [5.41, 5.74) is 2.58. The third-order valence-electron chi connectivity index (χ3n) is 6.08. The van der Waals surface area contributed by atoms with Crippen LogP contribution in [0.2, 0.25) is 0 Å². The van der Waals surface area contributed by atoms with Crippen LogP contribution in [0, 0.1) is 18.3 Å². The Hall–Kier alpha value is -1.65. The molecule has 1 aliphatic heterocycles. The first kappa shape index (κ1) is 15.9. The van der Waals surface area contributed by atoms with Gasteiger partial charge in [-0.25, -0.2) is 0 Å². The average Bonchev–Trinajstić information content (AvgIpc) is 3.03. The Morgan fingerprint density at radius 3 is 2.67 bits per heavy atom. The summed E-state index contributed by atoms with van der Waals surface area (Å²) >= 11 is 0. The Morgan fingerprint density at radius 2 is 1.92 bits per heavy atom. The summed E-state index contributed by atoms with van der Waals surface area (Å²) in [5, 5.41) is 3.37. The number of aryl methyl sites for hydroxylation is 1. The van der Waals surface area contributed by atoms with Crippen molar-refractivity contribution in [2.24, 2.45) is 11.3 Å². The maximum Gasteiger partial charge on any atom is 0.184 e. The second kappa shape index (κ2) is 5.71. The molecule has 0 aromatic heterocycles. The first-order valence-electron chi connectivity index (χ1n) is 8.88. The highest BCUT2D eigenvalue weighted by molar-refractivity contribution is 6.03. The summed E-state index contributed by atoms with van der Waals surface area (Å²) in [5.74, 6) is 0.0910.